The van der Waals surface area contributed by atoms with E-state index in [-0.39, 0.29) is 11.6 Å². The van der Waals surface area contributed by atoms with E-state index in [1.165, 1.54) is 12.1 Å². The van der Waals surface area contributed by atoms with Gasteiger partial charge in [-0.2, -0.15) is 13.2 Å². The van der Waals surface area contributed by atoms with E-state index in [0.29, 0.717) is 11.0 Å². The molecule has 0 radical (unpaired) electrons. The summed E-state index contributed by atoms with van der Waals surface area (Å²) in [5.74, 6) is 0.117. The van der Waals surface area contributed by atoms with E-state index >= 15 is 0 Å². The SMILES string of the molecule is CC(CNc1cc(Br)ccc1C(F)(F)F)c1ccccc1. The van der Waals surface area contributed by atoms with Crippen LogP contribution in [0.25, 0.3) is 0 Å². The van der Waals surface area contributed by atoms with Gasteiger partial charge in [-0.1, -0.05) is 53.2 Å². The molecule has 1 unspecified atom stereocenters. The molecule has 0 bridgehead atoms. The van der Waals surface area contributed by atoms with E-state index in [1.54, 1.807) is 0 Å². The fraction of sp³-hybridized carbons (Fsp3) is 0.250. The van der Waals surface area contributed by atoms with Gasteiger partial charge in [0.15, 0.2) is 0 Å². The fourth-order valence-electron chi connectivity index (χ4n) is 2.07. The van der Waals surface area contributed by atoms with Crippen molar-refractivity contribution in [3.8, 4) is 0 Å². The molecule has 1 nitrogen and oxygen atoms in total. The van der Waals surface area contributed by atoms with Gasteiger partial charge < -0.3 is 5.32 Å². The molecule has 0 fully saturated rings. The quantitative estimate of drug-likeness (QED) is 0.741. The van der Waals surface area contributed by atoms with Crippen molar-refractivity contribution in [1.29, 1.82) is 0 Å². The number of anilines is 1. The normalized spacial score (nSPS) is 13.0. The third-order valence-corrected chi connectivity index (χ3v) is 3.75. The van der Waals surface area contributed by atoms with Gasteiger partial charge in [0, 0.05) is 16.7 Å². The lowest BCUT2D eigenvalue weighted by Crippen LogP contribution is -2.14. The third kappa shape index (κ3) is 4.24. The Bertz CT molecular complexity index is 596. The van der Waals surface area contributed by atoms with Gasteiger partial charge in [0.2, 0.25) is 0 Å². The van der Waals surface area contributed by atoms with Crippen LogP contribution in [0.2, 0.25) is 0 Å². The number of nitrogens with one attached hydrogen (secondary N) is 1. The minimum atomic E-state index is -4.36. The Hall–Kier alpha value is -1.49. The summed E-state index contributed by atoms with van der Waals surface area (Å²) in [7, 11) is 0. The maximum Gasteiger partial charge on any atom is 0.418 e. The first-order chi connectivity index (χ1) is 9.88. The monoisotopic (exact) mass is 357 g/mol. The zero-order valence-corrected chi connectivity index (χ0v) is 13.0. The molecular weight excluding hydrogens is 343 g/mol. The van der Waals surface area contributed by atoms with Crippen molar-refractivity contribution in [2.75, 3.05) is 11.9 Å². The molecular formula is C16H15BrF3N. The van der Waals surface area contributed by atoms with Crippen LogP contribution in [-0.2, 0) is 6.18 Å². The lowest BCUT2D eigenvalue weighted by Gasteiger charge is -2.18. The zero-order chi connectivity index (χ0) is 15.5. The summed E-state index contributed by atoms with van der Waals surface area (Å²) in [6, 6.07) is 13.6. The summed E-state index contributed by atoms with van der Waals surface area (Å²) in [6.07, 6.45) is -4.36. The summed E-state index contributed by atoms with van der Waals surface area (Å²) in [5, 5.41) is 2.91. The highest BCUT2D eigenvalue weighted by Crippen LogP contribution is 2.36. The Labute approximate surface area is 130 Å². The highest BCUT2D eigenvalue weighted by atomic mass is 79.9. The number of hydrogen-bond acceptors (Lipinski definition) is 1. The maximum atomic E-state index is 13.0. The predicted molar refractivity (Wildman–Crippen MR) is 82.5 cm³/mol. The minimum absolute atomic E-state index is 0.0969. The predicted octanol–water partition coefficient (Wildman–Crippen LogP) is 5.68. The molecule has 0 saturated heterocycles. The van der Waals surface area contributed by atoms with Crippen LogP contribution in [-0.4, -0.2) is 6.54 Å². The van der Waals surface area contributed by atoms with Crippen LogP contribution < -0.4 is 5.32 Å². The molecule has 1 atom stereocenters. The van der Waals surface area contributed by atoms with Crippen molar-refractivity contribution >= 4 is 21.6 Å². The minimum Gasteiger partial charge on any atom is -0.384 e. The van der Waals surface area contributed by atoms with Gasteiger partial charge in [0.05, 0.1) is 5.56 Å². The first-order valence-electron chi connectivity index (χ1n) is 6.53. The van der Waals surface area contributed by atoms with Crippen molar-refractivity contribution in [2.24, 2.45) is 0 Å². The second kappa shape index (κ2) is 6.52. The van der Waals surface area contributed by atoms with Crippen LogP contribution in [0.1, 0.15) is 24.0 Å². The summed E-state index contributed by atoms with van der Waals surface area (Å²) in [5.41, 5.74) is 0.541. The Balaban J connectivity index is 2.15. The fourth-order valence-corrected chi connectivity index (χ4v) is 2.43. The number of halogens is 4. The molecule has 112 valence electrons. The van der Waals surface area contributed by atoms with Gasteiger partial charge in [-0.05, 0) is 29.7 Å². The second-order valence-corrected chi connectivity index (χ2v) is 5.80. The molecule has 0 aliphatic carbocycles. The van der Waals surface area contributed by atoms with Crippen LogP contribution in [0.5, 0.6) is 0 Å². The summed E-state index contributed by atoms with van der Waals surface area (Å²) < 4.78 is 39.5. The Morgan fingerprint density at radius 1 is 1.10 bits per heavy atom. The van der Waals surface area contributed by atoms with E-state index in [2.05, 4.69) is 21.2 Å². The molecule has 0 aromatic heterocycles. The molecule has 0 saturated carbocycles. The van der Waals surface area contributed by atoms with Gasteiger partial charge in [-0.15, -0.1) is 0 Å². The second-order valence-electron chi connectivity index (χ2n) is 4.88. The zero-order valence-electron chi connectivity index (χ0n) is 11.4. The van der Waals surface area contributed by atoms with Crippen LogP contribution in [0.4, 0.5) is 18.9 Å². The van der Waals surface area contributed by atoms with E-state index < -0.39 is 11.7 Å². The number of rotatable bonds is 4. The van der Waals surface area contributed by atoms with Crippen LogP contribution in [0.3, 0.4) is 0 Å². The number of hydrogen-bond donors (Lipinski definition) is 1. The van der Waals surface area contributed by atoms with Crippen molar-refractivity contribution < 1.29 is 13.2 Å². The van der Waals surface area contributed by atoms with E-state index in [9.17, 15) is 13.2 Å². The summed E-state index contributed by atoms with van der Waals surface area (Å²) in [6.45, 7) is 2.41. The van der Waals surface area contributed by atoms with E-state index in [4.69, 9.17) is 0 Å². The van der Waals surface area contributed by atoms with Gasteiger partial charge in [0.25, 0.3) is 0 Å². The number of alkyl halides is 3. The molecule has 0 aliphatic rings. The molecule has 0 aliphatic heterocycles. The summed E-state index contributed by atoms with van der Waals surface area (Å²) in [4.78, 5) is 0. The highest BCUT2D eigenvalue weighted by Gasteiger charge is 2.33. The molecule has 2 aromatic rings. The average Bonchev–Trinajstić information content (AvgIpc) is 2.44. The molecule has 0 amide bonds. The number of benzene rings is 2. The molecule has 2 aromatic carbocycles. The topological polar surface area (TPSA) is 12.0 Å². The van der Waals surface area contributed by atoms with Crippen molar-refractivity contribution in [1.82, 2.24) is 0 Å². The summed E-state index contributed by atoms with van der Waals surface area (Å²) >= 11 is 3.21. The van der Waals surface area contributed by atoms with Crippen LogP contribution >= 0.6 is 15.9 Å². The Kier molecular flexibility index (Phi) is 4.93. The van der Waals surface area contributed by atoms with Crippen LogP contribution in [0.15, 0.2) is 53.0 Å². The van der Waals surface area contributed by atoms with Crippen LogP contribution in [0, 0.1) is 0 Å². The third-order valence-electron chi connectivity index (χ3n) is 3.25. The molecule has 0 spiro atoms. The van der Waals surface area contributed by atoms with E-state index in [1.807, 2.05) is 37.3 Å². The smallest absolute Gasteiger partial charge is 0.384 e. The molecule has 2 rings (SSSR count). The van der Waals surface area contributed by atoms with Gasteiger partial charge >= 0.3 is 6.18 Å². The van der Waals surface area contributed by atoms with Gasteiger partial charge in [0.1, 0.15) is 0 Å². The lowest BCUT2D eigenvalue weighted by atomic mass is 10.0. The molecule has 0 heterocycles. The first kappa shape index (κ1) is 15.9. The standard InChI is InChI=1S/C16H15BrF3N/c1-11(12-5-3-2-4-6-12)10-21-15-9-13(17)7-8-14(15)16(18,19)20/h2-9,11,21H,10H2,1H3. The molecule has 1 N–H and O–H groups in total. The average molecular weight is 358 g/mol. The highest BCUT2D eigenvalue weighted by molar-refractivity contribution is 9.10. The van der Waals surface area contributed by atoms with Crippen molar-refractivity contribution in [3.63, 3.8) is 0 Å². The Morgan fingerprint density at radius 2 is 1.76 bits per heavy atom. The maximum absolute atomic E-state index is 13.0. The lowest BCUT2D eigenvalue weighted by molar-refractivity contribution is -0.137. The van der Waals surface area contributed by atoms with Crippen molar-refractivity contribution in [3.05, 3.63) is 64.1 Å². The van der Waals surface area contributed by atoms with Gasteiger partial charge in [-0.3, -0.25) is 0 Å². The molecule has 5 heteroatoms. The first-order valence-corrected chi connectivity index (χ1v) is 7.33. The van der Waals surface area contributed by atoms with Gasteiger partial charge in [-0.25, -0.2) is 0 Å². The Morgan fingerprint density at radius 3 is 2.38 bits per heavy atom. The van der Waals surface area contributed by atoms with E-state index in [0.717, 1.165) is 11.6 Å². The van der Waals surface area contributed by atoms with Crippen molar-refractivity contribution in [2.45, 2.75) is 19.0 Å². The largest absolute Gasteiger partial charge is 0.418 e. The molecule has 21 heavy (non-hydrogen) atoms.